The van der Waals surface area contributed by atoms with E-state index in [0.29, 0.717) is 52.0 Å². The fourth-order valence-corrected chi connectivity index (χ4v) is 10.3. The van der Waals surface area contributed by atoms with E-state index in [1.165, 1.54) is 0 Å². The number of carbonyl (C=O) groups excluding carboxylic acids is 5. The highest BCUT2D eigenvalue weighted by atomic mass is 35.5. The van der Waals surface area contributed by atoms with Gasteiger partial charge in [-0.15, -0.1) is 0 Å². The van der Waals surface area contributed by atoms with Crippen molar-refractivity contribution in [2.75, 3.05) is 24.5 Å². The highest BCUT2D eigenvalue weighted by Gasteiger charge is 2.64. The number of nitrogens with zero attached hydrogens (tertiary/aromatic N) is 4. The maximum Gasteiger partial charge on any atom is 0.262 e. The van der Waals surface area contributed by atoms with E-state index in [1.807, 2.05) is 36.4 Å². The molecule has 57 heavy (non-hydrogen) atoms. The Morgan fingerprint density at radius 1 is 0.912 bits per heavy atom. The summed E-state index contributed by atoms with van der Waals surface area (Å²) in [6.07, 6.45) is 3.26. The first-order chi connectivity index (χ1) is 27.1. The van der Waals surface area contributed by atoms with Gasteiger partial charge in [-0.3, -0.25) is 39.1 Å². The summed E-state index contributed by atoms with van der Waals surface area (Å²) in [5, 5.41) is 15.1. The van der Waals surface area contributed by atoms with E-state index in [9.17, 15) is 29.2 Å². The molecule has 1 atom stereocenters. The fourth-order valence-electron chi connectivity index (χ4n) is 10.1. The molecule has 12 nitrogen and oxygen atoms in total. The molecule has 3 aromatic carbocycles. The van der Waals surface area contributed by atoms with Gasteiger partial charge in [-0.05, 0) is 97.8 Å². The third-order valence-corrected chi connectivity index (χ3v) is 13.3. The highest BCUT2D eigenvalue weighted by molar-refractivity contribution is 6.31. The van der Waals surface area contributed by atoms with E-state index in [1.54, 1.807) is 18.2 Å². The van der Waals surface area contributed by atoms with Gasteiger partial charge < -0.3 is 15.0 Å². The van der Waals surface area contributed by atoms with Gasteiger partial charge in [-0.2, -0.15) is 5.26 Å². The minimum atomic E-state index is -0.961. The molecule has 4 aliphatic heterocycles. The van der Waals surface area contributed by atoms with Crippen molar-refractivity contribution in [3.63, 3.8) is 0 Å². The Morgan fingerprint density at radius 3 is 2.12 bits per heavy atom. The lowest BCUT2D eigenvalue weighted by Crippen LogP contribution is -2.74. The summed E-state index contributed by atoms with van der Waals surface area (Å²) >= 11 is 6.25. The first kappa shape index (κ1) is 38.6. The largest absolute Gasteiger partial charge is 0.489 e. The standard InChI is InChI=1S/C44H47ClN6O6/c1-43(2)41(44(3,4)42(43)57-31-10-7-27(22-46)34(45)21-31)48-37(53)26-5-8-30(9-6-26)50-17-14-25(15-18-50)13-16-49-23-28-19-32-33(20-29(28)24-49)40(56)51(39(32)55)35-11-12-36(52)47-38(35)54/h5-10,19-21,25,35,41-42H,11-18,23-24H2,1-4H3,(H,48,53)(H,47,52,54)/t35-,41-,42-/m1/s1. The molecule has 2 saturated heterocycles. The molecule has 296 valence electrons. The Labute approximate surface area is 337 Å². The lowest BCUT2D eigenvalue weighted by Gasteiger charge is -2.63. The molecule has 0 radical (unpaired) electrons. The van der Waals surface area contributed by atoms with E-state index in [-0.39, 0.29) is 47.6 Å². The predicted octanol–water partition coefficient (Wildman–Crippen LogP) is 5.85. The number of hydrogen-bond donors (Lipinski definition) is 2. The van der Waals surface area contributed by atoms with Crippen molar-refractivity contribution in [2.24, 2.45) is 16.7 Å². The van der Waals surface area contributed by atoms with Crippen LogP contribution in [0.25, 0.3) is 0 Å². The molecular weight excluding hydrogens is 744 g/mol. The fraction of sp³-hybridized carbons (Fsp3) is 0.455. The molecule has 13 heteroatoms. The molecule has 5 amide bonds. The number of carbonyl (C=O) groups is 5. The van der Waals surface area contributed by atoms with Gasteiger partial charge in [0.05, 0.1) is 21.7 Å². The Balaban J connectivity index is 0.799. The first-order valence-corrected chi connectivity index (χ1v) is 20.2. The maximum atomic E-state index is 13.5. The van der Waals surface area contributed by atoms with E-state index in [2.05, 4.69) is 54.2 Å². The van der Waals surface area contributed by atoms with Gasteiger partial charge in [0.1, 0.15) is 24.0 Å². The molecule has 0 aromatic heterocycles. The Kier molecular flexibility index (Phi) is 9.89. The van der Waals surface area contributed by atoms with Crippen LogP contribution in [0.4, 0.5) is 5.69 Å². The third kappa shape index (κ3) is 6.95. The van der Waals surface area contributed by atoms with Crippen LogP contribution in [-0.4, -0.2) is 77.2 Å². The number of nitrogens with one attached hydrogen (secondary N) is 2. The van der Waals surface area contributed by atoms with E-state index in [4.69, 9.17) is 16.3 Å². The smallest absolute Gasteiger partial charge is 0.262 e. The van der Waals surface area contributed by atoms with Crippen LogP contribution in [0.1, 0.15) is 108 Å². The summed E-state index contributed by atoms with van der Waals surface area (Å²) in [6, 6.07) is 17.6. The number of fused-ring (bicyclic) bond motifs is 2. The van der Waals surface area contributed by atoms with E-state index < -0.39 is 23.8 Å². The first-order valence-electron chi connectivity index (χ1n) is 19.8. The second-order valence-electron chi connectivity index (χ2n) is 17.4. The van der Waals surface area contributed by atoms with E-state index >= 15 is 0 Å². The Hall–Kier alpha value is -5.25. The van der Waals surface area contributed by atoms with Crippen LogP contribution < -0.4 is 20.3 Å². The molecule has 5 aliphatic rings. The maximum absolute atomic E-state index is 13.5. The molecule has 4 heterocycles. The molecule has 0 unspecified atom stereocenters. The topological polar surface area (TPSA) is 152 Å². The van der Waals surface area contributed by atoms with Crippen LogP contribution >= 0.6 is 11.6 Å². The Morgan fingerprint density at radius 2 is 1.54 bits per heavy atom. The lowest BCUT2D eigenvalue weighted by atomic mass is 9.49. The van der Waals surface area contributed by atoms with Crippen LogP contribution in [0, 0.1) is 28.1 Å². The minimum Gasteiger partial charge on any atom is -0.489 e. The molecule has 0 spiro atoms. The van der Waals surface area contributed by atoms with Crippen LogP contribution in [-0.2, 0) is 22.7 Å². The van der Waals surface area contributed by atoms with Crippen LogP contribution in [0.15, 0.2) is 54.6 Å². The average Bonchev–Trinajstić information content (AvgIpc) is 3.70. The van der Waals surface area contributed by atoms with Crippen molar-refractivity contribution < 1.29 is 28.7 Å². The zero-order valence-electron chi connectivity index (χ0n) is 32.7. The summed E-state index contributed by atoms with van der Waals surface area (Å²) < 4.78 is 6.38. The van der Waals surface area contributed by atoms with Crippen molar-refractivity contribution in [3.8, 4) is 11.8 Å². The van der Waals surface area contributed by atoms with Crippen LogP contribution in [0.5, 0.6) is 5.75 Å². The van der Waals surface area contributed by atoms with Crippen molar-refractivity contribution in [1.82, 2.24) is 20.4 Å². The number of piperidine rings is 2. The van der Waals surface area contributed by atoms with E-state index in [0.717, 1.165) is 60.6 Å². The second-order valence-corrected chi connectivity index (χ2v) is 17.8. The zero-order valence-corrected chi connectivity index (χ0v) is 33.4. The van der Waals surface area contributed by atoms with Gasteiger partial charge in [0, 0.05) is 66.8 Å². The van der Waals surface area contributed by atoms with Crippen LogP contribution in [0.3, 0.4) is 0 Å². The highest BCUT2D eigenvalue weighted by Crippen LogP contribution is 2.55. The number of amides is 5. The predicted molar refractivity (Wildman–Crippen MR) is 213 cm³/mol. The third-order valence-electron chi connectivity index (χ3n) is 12.9. The summed E-state index contributed by atoms with van der Waals surface area (Å²) in [5.41, 5.74) is 4.16. The van der Waals surface area contributed by atoms with Crippen LogP contribution in [0.2, 0.25) is 5.02 Å². The summed E-state index contributed by atoms with van der Waals surface area (Å²) in [6.45, 7) is 12.6. The number of hydrogen-bond acceptors (Lipinski definition) is 9. The second kappa shape index (κ2) is 14.6. The van der Waals surface area contributed by atoms with Gasteiger partial charge in [0.2, 0.25) is 11.8 Å². The molecule has 0 bridgehead atoms. The average molecular weight is 791 g/mol. The van der Waals surface area contributed by atoms with Gasteiger partial charge in [0.15, 0.2) is 0 Å². The number of benzene rings is 3. The lowest BCUT2D eigenvalue weighted by molar-refractivity contribution is -0.164. The van der Waals surface area contributed by atoms with Crippen molar-refractivity contribution >= 4 is 46.8 Å². The SMILES string of the molecule is CC1(C)[C@H](NC(=O)c2ccc(N3CCC(CCN4Cc5cc6c(cc5C4)C(=O)N([C@@H]4CCC(=O)NC4=O)C6=O)CC3)cc2)C(C)(C)[C@H]1Oc1ccc(C#N)c(Cl)c1. The Bertz CT molecular complexity index is 2160. The van der Waals surface area contributed by atoms with Crippen molar-refractivity contribution in [1.29, 1.82) is 5.26 Å². The number of anilines is 1. The number of nitriles is 1. The van der Waals surface area contributed by atoms with Gasteiger partial charge >= 0.3 is 0 Å². The summed E-state index contributed by atoms with van der Waals surface area (Å²) in [7, 11) is 0. The number of ether oxygens (including phenoxy) is 1. The quantitative estimate of drug-likeness (QED) is 0.255. The molecule has 1 saturated carbocycles. The molecule has 3 aromatic rings. The summed E-state index contributed by atoms with van der Waals surface area (Å²) in [5.74, 6) is -0.861. The summed E-state index contributed by atoms with van der Waals surface area (Å²) in [4.78, 5) is 69.9. The number of rotatable bonds is 9. The van der Waals surface area contributed by atoms with Gasteiger partial charge in [-0.1, -0.05) is 39.3 Å². The van der Waals surface area contributed by atoms with Crippen molar-refractivity contribution in [3.05, 3.63) is 93.0 Å². The minimum absolute atomic E-state index is 0.0970. The zero-order chi connectivity index (χ0) is 40.4. The monoisotopic (exact) mass is 790 g/mol. The molecule has 8 rings (SSSR count). The normalized spacial score (nSPS) is 24.0. The molecule has 3 fully saturated rings. The molecule has 2 N–H and O–H groups in total. The van der Waals surface area contributed by atoms with Gasteiger partial charge in [0.25, 0.3) is 17.7 Å². The number of imide groups is 2. The molecule has 1 aliphatic carbocycles. The number of halogens is 1. The van der Waals surface area contributed by atoms with Crippen molar-refractivity contribution in [2.45, 2.75) is 91.1 Å². The van der Waals surface area contributed by atoms with Gasteiger partial charge in [-0.25, -0.2) is 0 Å². The molecular formula is C44H47ClN6O6.